The fourth-order valence-corrected chi connectivity index (χ4v) is 2.02. The quantitative estimate of drug-likeness (QED) is 0.481. The van der Waals surface area contributed by atoms with E-state index < -0.39 is 5.97 Å². The molecular formula is C15H15IN2O2. The highest BCUT2D eigenvalue weighted by Gasteiger charge is 2.11. The van der Waals surface area contributed by atoms with E-state index >= 15 is 0 Å². The van der Waals surface area contributed by atoms with Crippen molar-refractivity contribution in [3.63, 3.8) is 0 Å². The van der Waals surface area contributed by atoms with E-state index in [1.807, 2.05) is 43.3 Å². The van der Waals surface area contributed by atoms with Gasteiger partial charge in [0.25, 0.3) is 0 Å². The fraction of sp³-hybridized carbons (Fsp3) is 0.0667. The number of quaternary nitrogens is 1. The van der Waals surface area contributed by atoms with Crippen LogP contribution in [0.25, 0.3) is 0 Å². The van der Waals surface area contributed by atoms with E-state index in [1.165, 1.54) is 5.48 Å². The number of benzene rings is 2. The summed E-state index contributed by atoms with van der Waals surface area (Å²) in [6.45, 7) is 1.98. The molecule has 0 heterocycles. The van der Waals surface area contributed by atoms with Gasteiger partial charge in [-0.05, 0) is 46.9 Å². The standard InChI is InChI=1S/C15H15IN2O2/c1-10-3-2-4-12(9-10)14(17)18-20-15(19)11-5-7-13(16)8-6-11/h2-9H,17-18H2,1H3. The van der Waals surface area contributed by atoms with Crippen LogP contribution in [-0.4, -0.2) is 5.97 Å². The number of hydroxylamine groups is 1. The molecule has 0 aliphatic heterocycles. The van der Waals surface area contributed by atoms with Crippen LogP contribution in [0, 0.1) is 16.7 Å². The van der Waals surface area contributed by atoms with Crippen LogP contribution in [0.4, 0.5) is 0 Å². The molecule has 0 bridgehead atoms. The molecular weight excluding hydrogens is 367 g/mol. The lowest BCUT2D eigenvalue weighted by Gasteiger charge is -2.16. The third-order valence-electron chi connectivity index (χ3n) is 2.72. The molecule has 0 amide bonds. The summed E-state index contributed by atoms with van der Waals surface area (Å²) in [5.41, 5.74) is 9.62. The summed E-state index contributed by atoms with van der Waals surface area (Å²) in [6, 6.07) is 14.8. The molecule has 0 aliphatic carbocycles. The number of halogens is 1. The lowest BCUT2D eigenvalue weighted by Crippen LogP contribution is -2.88. The largest absolute Gasteiger partial charge is 0.396 e. The molecule has 0 unspecified atom stereocenters. The summed E-state index contributed by atoms with van der Waals surface area (Å²) >= 11 is 2.18. The minimum absolute atomic E-state index is 0.419. The van der Waals surface area contributed by atoms with Crippen LogP contribution in [-0.2, 0) is 4.84 Å². The van der Waals surface area contributed by atoms with Crippen LogP contribution in [0.15, 0.2) is 48.5 Å². The van der Waals surface area contributed by atoms with E-state index in [0.717, 1.165) is 14.7 Å². The number of rotatable bonds is 4. The molecule has 0 saturated heterocycles. The molecule has 104 valence electrons. The third-order valence-corrected chi connectivity index (χ3v) is 3.44. The lowest BCUT2D eigenvalue weighted by molar-refractivity contribution is -0.855. The van der Waals surface area contributed by atoms with Crippen LogP contribution < -0.4 is 11.2 Å². The van der Waals surface area contributed by atoms with Gasteiger partial charge in [-0.3, -0.25) is 4.84 Å². The third kappa shape index (κ3) is 3.96. The first-order chi connectivity index (χ1) is 9.56. The Labute approximate surface area is 131 Å². The zero-order valence-corrected chi connectivity index (χ0v) is 13.1. The number of carbonyl (C=O) groups is 1. The Hall–Kier alpha value is -1.57. The van der Waals surface area contributed by atoms with E-state index in [9.17, 15) is 4.79 Å². The molecule has 5 heteroatoms. The van der Waals surface area contributed by atoms with Gasteiger partial charge in [-0.25, -0.2) is 4.79 Å². The van der Waals surface area contributed by atoms with Crippen molar-refractivity contribution in [1.82, 2.24) is 0 Å². The number of aryl methyl sites for hydroxylation is 1. The Morgan fingerprint density at radius 2 is 1.95 bits per heavy atom. The van der Waals surface area contributed by atoms with Crippen LogP contribution in [0.5, 0.6) is 0 Å². The van der Waals surface area contributed by atoms with Gasteiger partial charge in [0, 0.05) is 3.57 Å². The van der Waals surface area contributed by atoms with Gasteiger partial charge in [0.1, 0.15) is 6.17 Å². The molecule has 4 nitrogen and oxygen atoms in total. The summed E-state index contributed by atoms with van der Waals surface area (Å²) in [6.07, 6.45) is 0.424. The first-order valence-electron chi connectivity index (χ1n) is 6.05. The molecule has 0 aromatic heterocycles. The Bertz CT molecular complexity index is 599. The minimum atomic E-state index is -0.419. The zero-order chi connectivity index (χ0) is 14.5. The summed E-state index contributed by atoms with van der Waals surface area (Å²) in [4.78, 5) is 16.9. The predicted molar refractivity (Wildman–Crippen MR) is 84.2 cm³/mol. The molecule has 0 saturated carbocycles. The second-order valence-corrected chi connectivity index (χ2v) is 5.60. The van der Waals surface area contributed by atoms with Gasteiger partial charge in [0.15, 0.2) is 0 Å². The van der Waals surface area contributed by atoms with Crippen LogP contribution in [0.2, 0.25) is 0 Å². The molecule has 2 rings (SSSR count). The van der Waals surface area contributed by atoms with Gasteiger partial charge in [-0.15, -0.1) is 17.2 Å². The van der Waals surface area contributed by atoms with E-state index in [1.54, 1.807) is 12.1 Å². The van der Waals surface area contributed by atoms with Crippen molar-refractivity contribution in [1.29, 1.82) is 0 Å². The molecule has 0 spiro atoms. The maximum atomic E-state index is 11.8. The summed E-state index contributed by atoms with van der Waals surface area (Å²) in [7, 11) is 0. The first-order valence-corrected chi connectivity index (χ1v) is 7.13. The Balaban J connectivity index is 1.94. The van der Waals surface area contributed by atoms with Gasteiger partial charge in [0.05, 0.1) is 5.56 Å². The van der Waals surface area contributed by atoms with Crippen molar-refractivity contribution in [3.05, 3.63) is 75.0 Å². The average molecular weight is 382 g/mol. The summed E-state index contributed by atoms with van der Waals surface area (Å²) in [5, 5.41) is 0. The minimum Gasteiger partial charge on any atom is -0.306 e. The normalized spacial score (nSPS) is 10.2. The van der Waals surface area contributed by atoms with Crippen LogP contribution in [0.1, 0.15) is 21.5 Å². The highest BCUT2D eigenvalue weighted by atomic mass is 127. The summed E-state index contributed by atoms with van der Waals surface area (Å²) in [5.74, 6) is -0.419. The number of hydrogen-bond acceptors (Lipinski definition) is 3. The van der Waals surface area contributed by atoms with Crippen molar-refractivity contribution in [3.8, 4) is 0 Å². The van der Waals surface area contributed by atoms with E-state index in [2.05, 4.69) is 22.6 Å². The number of carbonyl (C=O) groups excluding carboxylic acids is 1. The maximum absolute atomic E-state index is 11.8. The first kappa shape index (κ1) is 14.8. The maximum Gasteiger partial charge on any atom is 0.396 e. The highest BCUT2D eigenvalue weighted by molar-refractivity contribution is 14.1. The van der Waals surface area contributed by atoms with E-state index in [-0.39, 0.29) is 0 Å². The molecule has 2 aromatic carbocycles. The molecule has 0 fully saturated rings. The lowest BCUT2D eigenvalue weighted by atomic mass is 10.1. The molecule has 0 radical (unpaired) electrons. The SMILES string of the molecule is Cc1cccc([C-](N)[NH2+]OC(=O)c2ccc(I)cc2)c1. The van der Waals surface area contributed by atoms with E-state index in [4.69, 9.17) is 10.6 Å². The van der Waals surface area contributed by atoms with Gasteiger partial charge < -0.3 is 5.73 Å². The smallest absolute Gasteiger partial charge is 0.306 e. The van der Waals surface area contributed by atoms with Crippen LogP contribution >= 0.6 is 22.6 Å². The monoisotopic (exact) mass is 382 g/mol. The van der Waals surface area contributed by atoms with Crippen molar-refractivity contribution in [2.45, 2.75) is 6.92 Å². The predicted octanol–water partition coefficient (Wildman–Crippen LogP) is 1.73. The zero-order valence-electron chi connectivity index (χ0n) is 11.0. The Kier molecular flexibility index (Phi) is 4.99. The summed E-state index contributed by atoms with van der Waals surface area (Å²) < 4.78 is 1.06. The Morgan fingerprint density at radius 1 is 1.25 bits per heavy atom. The number of hydrogen-bond donors (Lipinski definition) is 2. The van der Waals surface area contributed by atoms with Crippen molar-refractivity contribution in [2.24, 2.45) is 5.73 Å². The second kappa shape index (κ2) is 6.74. The van der Waals surface area contributed by atoms with E-state index in [0.29, 0.717) is 11.7 Å². The van der Waals surface area contributed by atoms with Gasteiger partial charge in [0.2, 0.25) is 0 Å². The molecule has 2 aromatic rings. The van der Waals surface area contributed by atoms with Crippen molar-refractivity contribution < 1.29 is 15.1 Å². The van der Waals surface area contributed by atoms with Crippen LogP contribution in [0.3, 0.4) is 0 Å². The highest BCUT2D eigenvalue weighted by Crippen LogP contribution is 2.08. The van der Waals surface area contributed by atoms with Crippen molar-refractivity contribution in [2.75, 3.05) is 0 Å². The molecule has 20 heavy (non-hydrogen) atoms. The second-order valence-electron chi connectivity index (χ2n) is 4.35. The average Bonchev–Trinajstić information content (AvgIpc) is 2.45. The van der Waals surface area contributed by atoms with Gasteiger partial charge >= 0.3 is 5.97 Å². The molecule has 4 N–H and O–H groups in total. The number of nitrogens with two attached hydrogens (primary N) is 2. The van der Waals surface area contributed by atoms with Gasteiger partial charge in [-0.1, -0.05) is 13.0 Å². The molecule has 0 atom stereocenters. The van der Waals surface area contributed by atoms with Crippen molar-refractivity contribution >= 4 is 28.6 Å². The Morgan fingerprint density at radius 3 is 2.60 bits per heavy atom. The van der Waals surface area contributed by atoms with Gasteiger partial charge in [-0.2, -0.15) is 17.6 Å². The molecule has 0 aliphatic rings. The topological polar surface area (TPSA) is 68.9 Å². The fourth-order valence-electron chi connectivity index (χ4n) is 1.66.